The second kappa shape index (κ2) is 6.53. The normalized spacial score (nSPS) is 14.5. The predicted molar refractivity (Wildman–Crippen MR) is 110 cm³/mol. The van der Waals surface area contributed by atoms with Gasteiger partial charge in [0.15, 0.2) is 0 Å². The molecular formula is C20H17ClN4O2S. The number of thiophene rings is 1. The van der Waals surface area contributed by atoms with E-state index in [2.05, 4.69) is 20.6 Å². The highest BCUT2D eigenvalue weighted by Gasteiger charge is 2.27. The quantitative estimate of drug-likeness (QED) is 0.509. The van der Waals surface area contributed by atoms with Crippen LogP contribution in [0, 0.1) is 13.8 Å². The molecule has 0 unspecified atom stereocenters. The summed E-state index contributed by atoms with van der Waals surface area (Å²) in [5.74, 6) is -0.0609. The van der Waals surface area contributed by atoms with Crippen molar-refractivity contribution in [1.82, 2.24) is 20.6 Å². The number of amides is 1. The molecule has 4 aromatic rings. The van der Waals surface area contributed by atoms with Crippen molar-refractivity contribution in [3.63, 3.8) is 0 Å². The Morgan fingerprint density at radius 1 is 1.25 bits per heavy atom. The first-order chi connectivity index (χ1) is 13.5. The molecular weight excluding hydrogens is 396 g/mol. The number of aromatic nitrogens is 3. The maximum absolute atomic E-state index is 13.1. The molecule has 0 bridgehead atoms. The van der Waals surface area contributed by atoms with E-state index >= 15 is 0 Å². The van der Waals surface area contributed by atoms with E-state index in [4.69, 9.17) is 16.2 Å². The first-order valence-corrected chi connectivity index (χ1v) is 10.3. The zero-order valence-electron chi connectivity index (χ0n) is 15.4. The van der Waals surface area contributed by atoms with E-state index in [9.17, 15) is 4.79 Å². The summed E-state index contributed by atoms with van der Waals surface area (Å²) in [4.78, 5) is 19.2. The molecule has 1 saturated carbocycles. The summed E-state index contributed by atoms with van der Waals surface area (Å²) in [7, 11) is 0. The molecule has 0 aliphatic heterocycles. The van der Waals surface area contributed by atoms with Crippen LogP contribution in [0.5, 0.6) is 0 Å². The molecule has 8 heteroatoms. The molecule has 3 heterocycles. The first-order valence-electron chi connectivity index (χ1n) is 9.15. The van der Waals surface area contributed by atoms with Gasteiger partial charge in [0.2, 0.25) is 0 Å². The van der Waals surface area contributed by atoms with Crippen molar-refractivity contribution >= 4 is 50.1 Å². The second-order valence-corrected chi connectivity index (χ2v) is 8.57. The standard InChI is InChI=1S/C20H17ClN4O2S/c1-9-15-16(11-6-7-13-14(8-11)25-27-24-13)18(19(26)23-12-4-3-5-12)28-20(15)22-10(2)17(9)21/h6-8,12H,3-5H2,1-2H3,(H,23,26). The number of nitrogens with zero attached hydrogens (tertiary/aromatic N) is 3. The Hall–Kier alpha value is -2.51. The van der Waals surface area contributed by atoms with Gasteiger partial charge in [-0.3, -0.25) is 4.79 Å². The number of carbonyl (C=O) groups excluding carboxylic acids is 1. The first kappa shape index (κ1) is 17.6. The Bertz CT molecular complexity index is 1240. The van der Waals surface area contributed by atoms with Crippen LogP contribution in [-0.2, 0) is 0 Å². The Morgan fingerprint density at radius 2 is 2.04 bits per heavy atom. The highest BCUT2D eigenvalue weighted by Crippen LogP contribution is 2.42. The van der Waals surface area contributed by atoms with Gasteiger partial charge in [0, 0.05) is 17.0 Å². The largest absolute Gasteiger partial charge is 0.349 e. The number of aryl methyl sites for hydroxylation is 2. The fourth-order valence-corrected chi connectivity index (χ4v) is 4.95. The number of hydrogen-bond acceptors (Lipinski definition) is 6. The van der Waals surface area contributed by atoms with Crippen LogP contribution in [0.2, 0.25) is 5.02 Å². The van der Waals surface area contributed by atoms with Crippen molar-refractivity contribution in [3.05, 3.63) is 39.4 Å². The lowest BCUT2D eigenvalue weighted by Gasteiger charge is -2.26. The van der Waals surface area contributed by atoms with Gasteiger partial charge in [-0.05, 0) is 66.7 Å². The maximum Gasteiger partial charge on any atom is 0.262 e. The van der Waals surface area contributed by atoms with Crippen molar-refractivity contribution in [2.45, 2.75) is 39.2 Å². The van der Waals surface area contributed by atoms with Crippen LogP contribution in [0.15, 0.2) is 22.8 Å². The monoisotopic (exact) mass is 412 g/mol. The summed E-state index contributed by atoms with van der Waals surface area (Å²) in [5.41, 5.74) is 4.73. The predicted octanol–water partition coefficient (Wildman–Crippen LogP) is 5.05. The summed E-state index contributed by atoms with van der Waals surface area (Å²) in [6, 6.07) is 5.92. The molecule has 3 aromatic heterocycles. The van der Waals surface area contributed by atoms with Crippen molar-refractivity contribution in [2.24, 2.45) is 0 Å². The molecule has 0 radical (unpaired) electrons. The molecule has 0 atom stereocenters. The molecule has 28 heavy (non-hydrogen) atoms. The van der Waals surface area contributed by atoms with Gasteiger partial charge in [-0.2, -0.15) is 0 Å². The second-order valence-electron chi connectivity index (χ2n) is 7.19. The van der Waals surface area contributed by atoms with E-state index in [0.29, 0.717) is 20.9 Å². The van der Waals surface area contributed by atoms with E-state index in [1.165, 1.54) is 11.3 Å². The fraction of sp³-hybridized carbons (Fsp3) is 0.300. The van der Waals surface area contributed by atoms with Crippen molar-refractivity contribution in [2.75, 3.05) is 0 Å². The minimum absolute atomic E-state index is 0.0609. The van der Waals surface area contributed by atoms with E-state index in [1.54, 1.807) is 0 Å². The van der Waals surface area contributed by atoms with Gasteiger partial charge in [-0.25, -0.2) is 9.61 Å². The van der Waals surface area contributed by atoms with Crippen LogP contribution in [0.1, 0.15) is 40.2 Å². The number of halogens is 1. The van der Waals surface area contributed by atoms with Crippen LogP contribution in [0.25, 0.3) is 32.4 Å². The highest BCUT2D eigenvalue weighted by atomic mass is 35.5. The summed E-state index contributed by atoms with van der Waals surface area (Å²) in [6.07, 6.45) is 3.23. The molecule has 1 N–H and O–H groups in total. The van der Waals surface area contributed by atoms with Gasteiger partial charge < -0.3 is 5.32 Å². The average Bonchev–Trinajstić information content (AvgIpc) is 3.26. The molecule has 0 spiro atoms. The van der Waals surface area contributed by atoms with Crippen LogP contribution in [-0.4, -0.2) is 27.2 Å². The van der Waals surface area contributed by atoms with Crippen LogP contribution in [0.3, 0.4) is 0 Å². The summed E-state index contributed by atoms with van der Waals surface area (Å²) in [5, 5.41) is 12.5. The van der Waals surface area contributed by atoms with Gasteiger partial charge in [0.25, 0.3) is 5.91 Å². The number of nitrogens with one attached hydrogen (secondary N) is 1. The number of pyridine rings is 1. The zero-order valence-corrected chi connectivity index (χ0v) is 16.9. The topological polar surface area (TPSA) is 80.9 Å². The van der Waals surface area contributed by atoms with E-state index in [-0.39, 0.29) is 11.9 Å². The minimum Gasteiger partial charge on any atom is -0.349 e. The molecule has 1 amide bonds. The lowest BCUT2D eigenvalue weighted by atomic mass is 9.93. The number of fused-ring (bicyclic) bond motifs is 2. The average molecular weight is 413 g/mol. The summed E-state index contributed by atoms with van der Waals surface area (Å²) >= 11 is 7.91. The number of rotatable bonds is 3. The Balaban J connectivity index is 1.76. The number of hydrogen-bond donors (Lipinski definition) is 1. The Labute approximate surface area is 169 Å². The van der Waals surface area contributed by atoms with Crippen LogP contribution >= 0.6 is 22.9 Å². The molecule has 6 nitrogen and oxygen atoms in total. The maximum atomic E-state index is 13.1. The van der Waals surface area contributed by atoms with Crippen LogP contribution < -0.4 is 5.32 Å². The van der Waals surface area contributed by atoms with Crippen molar-refractivity contribution in [3.8, 4) is 11.1 Å². The van der Waals surface area contributed by atoms with Gasteiger partial charge in [-0.15, -0.1) is 11.3 Å². The smallest absolute Gasteiger partial charge is 0.262 e. The van der Waals surface area contributed by atoms with Gasteiger partial charge >= 0.3 is 0 Å². The molecule has 1 aromatic carbocycles. The van der Waals surface area contributed by atoms with Gasteiger partial charge in [0.05, 0.1) is 10.7 Å². The van der Waals surface area contributed by atoms with E-state index < -0.39 is 0 Å². The Morgan fingerprint density at radius 3 is 2.79 bits per heavy atom. The highest BCUT2D eigenvalue weighted by molar-refractivity contribution is 7.21. The fourth-order valence-electron chi connectivity index (χ4n) is 3.60. The SMILES string of the molecule is Cc1nc2sc(C(=O)NC3CCC3)c(-c3ccc4nonc4c3)c2c(C)c1Cl. The molecule has 142 valence electrons. The molecule has 1 aliphatic rings. The molecule has 0 saturated heterocycles. The summed E-state index contributed by atoms with van der Waals surface area (Å²) in [6.45, 7) is 3.86. The third kappa shape index (κ3) is 2.69. The Kier molecular flexibility index (Phi) is 4.10. The number of benzene rings is 1. The summed E-state index contributed by atoms with van der Waals surface area (Å²) < 4.78 is 4.83. The van der Waals surface area contributed by atoms with E-state index in [1.807, 2.05) is 32.0 Å². The van der Waals surface area contributed by atoms with Gasteiger partial charge in [0.1, 0.15) is 20.7 Å². The third-order valence-electron chi connectivity index (χ3n) is 5.37. The molecule has 1 fully saturated rings. The van der Waals surface area contributed by atoms with Crippen LogP contribution in [0.4, 0.5) is 0 Å². The van der Waals surface area contributed by atoms with Crippen molar-refractivity contribution in [1.29, 1.82) is 0 Å². The van der Waals surface area contributed by atoms with E-state index in [0.717, 1.165) is 51.9 Å². The lowest BCUT2D eigenvalue weighted by Crippen LogP contribution is -2.39. The van der Waals surface area contributed by atoms with Crippen molar-refractivity contribution < 1.29 is 9.42 Å². The molecule has 1 aliphatic carbocycles. The zero-order chi connectivity index (χ0) is 19.4. The third-order valence-corrected chi connectivity index (χ3v) is 7.01. The number of carbonyl (C=O) groups is 1. The lowest BCUT2D eigenvalue weighted by molar-refractivity contribution is 0.0922. The van der Waals surface area contributed by atoms with Gasteiger partial charge in [-0.1, -0.05) is 17.7 Å². The minimum atomic E-state index is -0.0609. The molecule has 5 rings (SSSR count).